The molecule has 0 saturated carbocycles. The first-order valence-electron chi connectivity index (χ1n) is 6.91. The van der Waals surface area contributed by atoms with Gasteiger partial charge >= 0.3 is 11.8 Å². The van der Waals surface area contributed by atoms with Crippen molar-refractivity contribution in [3.05, 3.63) is 29.8 Å². The lowest BCUT2D eigenvalue weighted by atomic mass is 10.2. The number of hydrazine groups is 1. The van der Waals surface area contributed by atoms with Gasteiger partial charge in [0.2, 0.25) is 0 Å². The van der Waals surface area contributed by atoms with Crippen LogP contribution in [0.3, 0.4) is 0 Å². The van der Waals surface area contributed by atoms with Gasteiger partial charge in [-0.05, 0) is 45.0 Å². The van der Waals surface area contributed by atoms with Crippen LogP contribution in [0.2, 0.25) is 0 Å². The first-order chi connectivity index (χ1) is 10.8. The molecule has 0 fully saturated rings. The summed E-state index contributed by atoms with van der Waals surface area (Å²) in [4.78, 5) is 34.6. The van der Waals surface area contributed by atoms with Crippen LogP contribution >= 0.6 is 0 Å². The van der Waals surface area contributed by atoms with Crippen LogP contribution in [-0.2, 0) is 14.4 Å². The summed E-state index contributed by atoms with van der Waals surface area (Å²) in [5.74, 6) is -2.05. The summed E-state index contributed by atoms with van der Waals surface area (Å²) in [7, 11) is 0. The summed E-state index contributed by atoms with van der Waals surface area (Å²) < 4.78 is 5.36. The van der Waals surface area contributed by atoms with Gasteiger partial charge in [0.1, 0.15) is 5.75 Å². The number of nitriles is 1. The average molecular weight is 318 g/mol. The molecular formula is C15H18N4O4. The topological polar surface area (TPSA) is 120 Å². The third-order valence-electron chi connectivity index (χ3n) is 2.59. The minimum Gasteiger partial charge on any atom is -0.481 e. The highest BCUT2D eigenvalue weighted by atomic mass is 16.5. The van der Waals surface area contributed by atoms with Gasteiger partial charge in [0, 0.05) is 6.04 Å². The zero-order chi connectivity index (χ0) is 17.4. The number of nitrogens with one attached hydrogen (secondary N) is 3. The van der Waals surface area contributed by atoms with Gasteiger partial charge in [-0.25, -0.2) is 0 Å². The molecule has 3 amide bonds. The van der Waals surface area contributed by atoms with Crippen LogP contribution in [0.25, 0.3) is 0 Å². The Kier molecular flexibility index (Phi) is 6.55. The molecular weight excluding hydrogens is 300 g/mol. The molecule has 0 unspecified atom stereocenters. The first kappa shape index (κ1) is 18.0. The van der Waals surface area contributed by atoms with Crippen molar-refractivity contribution in [1.29, 1.82) is 5.26 Å². The SMILES string of the molecule is CC(C)NC(=O)C(=O)NNC(=O)[C@H](C)Oc1ccc(C#N)cc1. The molecule has 122 valence electrons. The molecule has 8 heteroatoms. The smallest absolute Gasteiger partial charge is 0.327 e. The highest BCUT2D eigenvalue weighted by Crippen LogP contribution is 2.13. The molecule has 1 aromatic rings. The summed E-state index contributed by atoms with van der Waals surface area (Å²) in [6.07, 6.45) is -0.906. The maximum Gasteiger partial charge on any atom is 0.327 e. The van der Waals surface area contributed by atoms with Crippen LogP contribution < -0.4 is 20.9 Å². The highest BCUT2D eigenvalue weighted by molar-refractivity contribution is 6.35. The zero-order valence-electron chi connectivity index (χ0n) is 13.0. The minimum atomic E-state index is -0.974. The number of amides is 3. The summed E-state index contributed by atoms with van der Waals surface area (Å²) in [5, 5.41) is 11.1. The van der Waals surface area contributed by atoms with Gasteiger partial charge in [-0.3, -0.25) is 25.2 Å². The number of hydrogen-bond acceptors (Lipinski definition) is 5. The number of benzene rings is 1. The third-order valence-corrected chi connectivity index (χ3v) is 2.59. The number of nitrogens with zero attached hydrogens (tertiary/aromatic N) is 1. The molecule has 0 aliphatic heterocycles. The van der Waals surface area contributed by atoms with Crippen LogP contribution in [-0.4, -0.2) is 29.9 Å². The van der Waals surface area contributed by atoms with Crippen molar-refractivity contribution in [1.82, 2.24) is 16.2 Å². The van der Waals surface area contributed by atoms with Gasteiger partial charge in [0.15, 0.2) is 6.10 Å². The van der Waals surface area contributed by atoms with Crippen molar-refractivity contribution >= 4 is 17.7 Å². The molecule has 1 rings (SSSR count). The highest BCUT2D eigenvalue weighted by Gasteiger charge is 2.18. The molecule has 0 bridgehead atoms. The normalized spacial score (nSPS) is 11.1. The van der Waals surface area contributed by atoms with Crippen LogP contribution in [0.5, 0.6) is 5.75 Å². The number of rotatable bonds is 4. The Morgan fingerprint density at radius 3 is 2.17 bits per heavy atom. The molecule has 0 radical (unpaired) electrons. The molecule has 0 heterocycles. The van der Waals surface area contributed by atoms with Crippen LogP contribution in [0.15, 0.2) is 24.3 Å². The van der Waals surface area contributed by atoms with E-state index in [4.69, 9.17) is 10.00 Å². The lowest BCUT2D eigenvalue weighted by Crippen LogP contribution is -2.52. The number of carbonyl (C=O) groups is 3. The molecule has 0 aromatic heterocycles. The van der Waals surface area contributed by atoms with E-state index in [9.17, 15) is 14.4 Å². The largest absolute Gasteiger partial charge is 0.481 e. The van der Waals surface area contributed by atoms with E-state index in [0.29, 0.717) is 11.3 Å². The van der Waals surface area contributed by atoms with Crippen LogP contribution in [0, 0.1) is 11.3 Å². The van der Waals surface area contributed by atoms with Gasteiger partial charge in [-0.2, -0.15) is 5.26 Å². The molecule has 1 aromatic carbocycles. The van der Waals surface area contributed by atoms with Crippen molar-refractivity contribution in [2.75, 3.05) is 0 Å². The molecule has 8 nitrogen and oxygen atoms in total. The third kappa shape index (κ3) is 6.05. The van der Waals surface area contributed by atoms with Gasteiger partial charge < -0.3 is 10.1 Å². The van der Waals surface area contributed by atoms with E-state index in [1.807, 2.05) is 11.5 Å². The summed E-state index contributed by atoms with van der Waals surface area (Å²) in [6, 6.07) is 7.99. The maximum absolute atomic E-state index is 11.8. The number of hydrogen-bond donors (Lipinski definition) is 3. The predicted molar refractivity (Wildman–Crippen MR) is 80.8 cm³/mol. The second-order valence-electron chi connectivity index (χ2n) is 4.97. The molecule has 0 saturated heterocycles. The van der Waals surface area contributed by atoms with Crippen molar-refractivity contribution in [3.63, 3.8) is 0 Å². The van der Waals surface area contributed by atoms with Gasteiger partial charge in [-0.15, -0.1) is 0 Å². The van der Waals surface area contributed by atoms with Crippen molar-refractivity contribution in [2.24, 2.45) is 0 Å². The first-order valence-corrected chi connectivity index (χ1v) is 6.91. The Bertz CT molecular complexity index is 619. The van der Waals surface area contributed by atoms with E-state index in [2.05, 4.69) is 10.7 Å². The molecule has 23 heavy (non-hydrogen) atoms. The Morgan fingerprint density at radius 1 is 1.04 bits per heavy atom. The second-order valence-corrected chi connectivity index (χ2v) is 4.97. The van der Waals surface area contributed by atoms with Crippen molar-refractivity contribution in [2.45, 2.75) is 32.9 Å². The monoisotopic (exact) mass is 318 g/mol. The van der Waals surface area contributed by atoms with Gasteiger partial charge in [0.05, 0.1) is 11.6 Å². The van der Waals surface area contributed by atoms with E-state index in [-0.39, 0.29) is 6.04 Å². The Labute approximate surface area is 133 Å². The Hall–Kier alpha value is -3.08. The van der Waals surface area contributed by atoms with Gasteiger partial charge in [-0.1, -0.05) is 0 Å². The lowest BCUT2D eigenvalue weighted by molar-refractivity contribution is -0.141. The maximum atomic E-state index is 11.8. The molecule has 0 aliphatic rings. The summed E-state index contributed by atoms with van der Waals surface area (Å²) in [6.45, 7) is 4.89. The predicted octanol–water partition coefficient (Wildman–Crippen LogP) is -0.00242. The Balaban J connectivity index is 2.46. The summed E-state index contributed by atoms with van der Waals surface area (Å²) >= 11 is 0. The average Bonchev–Trinajstić information content (AvgIpc) is 2.52. The fourth-order valence-corrected chi connectivity index (χ4v) is 1.47. The fraction of sp³-hybridized carbons (Fsp3) is 0.333. The van der Waals surface area contributed by atoms with Gasteiger partial charge in [0.25, 0.3) is 5.91 Å². The van der Waals surface area contributed by atoms with Crippen LogP contribution in [0.1, 0.15) is 26.3 Å². The van der Waals surface area contributed by atoms with Crippen LogP contribution in [0.4, 0.5) is 0 Å². The second kappa shape index (κ2) is 8.38. The minimum absolute atomic E-state index is 0.192. The van der Waals surface area contributed by atoms with E-state index >= 15 is 0 Å². The molecule has 1 atom stereocenters. The van der Waals surface area contributed by atoms with Crippen molar-refractivity contribution in [3.8, 4) is 11.8 Å². The van der Waals surface area contributed by atoms with E-state index < -0.39 is 23.8 Å². The van der Waals surface area contributed by atoms with Crippen molar-refractivity contribution < 1.29 is 19.1 Å². The fourth-order valence-electron chi connectivity index (χ4n) is 1.47. The molecule has 0 spiro atoms. The molecule has 0 aliphatic carbocycles. The number of ether oxygens (including phenoxy) is 1. The van der Waals surface area contributed by atoms with E-state index in [0.717, 1.165) is 0 Å². The lowest BCUT2D eigenvalue weighted by Gasteiger charge is -2.15. The zero-order valence-corrected chi connectivity index (χ0v) is 13.0. The molecule has 3 N–H and O–H groups in total. The van der Waals surface area contributed by atoms with E-state index in [1.54, 1.807) is 38.1 Å². The standard InChI is InChI=1S/C15H18N4O4/c1-9(2)17-14(21)15(22)19-18-13(20)10(3)23-12-6-4-11(8-16)5-7-12/h4-7,9-10H,1-3H3,(H,17,21)(H,18,20)(H,19,22)/t10-/m0/s1. The quantitative estimate of drug-likeness (QED) is 0.533. The number of carbonyl (C=O) groups excluding carboxylic acids is 3. The van der Waals surface area contributed by atoms with E-state index in [1.165, 1.54) is 6.92 Å². The summed E-state index contributed by atoms with van der Waals surface area (Å²) in [5.41, 5.74) is 4.57. The Morgan fingerprint density at radius 2 is 1.65 bits per heavy atom.